The van der Waals surface area contributed by atoms with Crippen LogP contribution >= 0.6 is 12.6 Å². The van der Waals surface area contributed by atoms with Crippen molar-refractivity contribution < 1.29 is 22.6 Å². The van der Waals surface area contributed by atoms with Crippen molar-refractivity contribution in [2.24, 2.45) is 0 Å². The van der Waals surface area contributed by atoms with E-state index in [9.17, 15) is 22.6 Å². The number of nitrogens with two attached hydrogens (primary N) is 2. The minimum atomic E-state index is -4.63. The van der Waals surface area contributed by atoms with Gasteiger partial charge < -0.3 is 16.8 Å². The number of nitrogens with one attached hydrogen (secondary N) is 1. The smallest absolute Gasteiger partial charge is 0.296 e. The van der Waals surface area contributed by atoms with Gasteiger partial charge in [0, 0.05) is 21.7 Å². The molecule has 30 heavy (non-hydrogen) atoms. The van der Waals surface area contributed by atoms with E-state index in [2.05, 4.69) is 17.9 Å². The molecule has 1 aliphatic rings. The van der Waals surface area contributed by atoms with Gasteiger partial charge in [-0.2, -0.15) is 8.42 Å². The van der Waals surface area contributed by atoms with Gasteiger partial charge in [0.25, 0.3) is 10.1 Å². The Kier molecular flexibility index (Phi) is 4.57. The summed E-state index contributed by atoms with van der Waals surface area (Å²) in [7, 11) is -4.63. The average Bonchev–Trinajstić information content (AvgIpc) is 2.69. The molecule has 0 spiro atoms. The van der Waals surface area contributed by atoms with E-state index in [1.807, 2.05) is 0 Å². The summed E-state index contributed by atoms with van der Waals surface area (Å²) in [4.78, 5) is 26.0. The van der Waals surface area contributed by atoms with Crippen molar-refractivity contribution in [2.75, 3.05) is 16.8 Å². The molecule has 0 aliphatic heterocycles. The van der Waals surface area contributed by atoms with Crippen molar-refractivity contribution in [1.82, 2.24) is 0 Å². The fourth-order valence-electron chi connectivity index (χ4n) is 3.40. The van der Waals surface area contributed by atoms with Crippen molar-refractivity contribution in [3.8, 4) is 0 Å². The summed E-state index contributed by atoms with van der Waals surface area (Å²) in [6, 6.07) is 11.6. The summed E-state index contributed by atoms with van der Waals surface area (Å²) in [5, 5.41) is 2.81. The summed E-state index contributed by atoms with van der Waals surface area (Å²) in [5.41, 5.74) is 12.3. The van der Waals surface area contributed by atoms with Crippen LogP contribution in [0.4, 0.5) is 22.7 Å². The second-order valence-electron chi connectivity index (χ2n) is 6.67. The fourth-order valence-corrected chi connectivity index (χ4v) is 4.33. The maximum absolute atomic E-state index is 13.2. The Hall–Kier alpha value is -3.34. The predicted molar refractivity (Wildman–Crippen MR) is 115 cm³/mol. The van der Waals surface area contributed by atoms with Gasteiger partial charge in [-0.05, 0) is 24.3 Å². The lowest BCUT2D eigenvalue weighted by molar-refractivity contribution is 0.0980. The number of carbonyl (C=O) groups excluding carboxylic acids is 2. The maximum Gasteiger partial charge on any atom is 0.296 e. The number of thiol groups is 1. The summed E-state index contributed by atoms with van der Waals surface area (Å²) < 4.78 is 33.1. The molecule has 0 saturated heterocycles. The molecule has 10 heteroatoms. The van der Waals surface area contributed by atoms with Gasteiger partial charge in [0.15, 0.2) is 11.6 Å². The second-order valence-corrected chi connectivity index (χ2v) is 8.54. The van der Waals surface area contributed by atoms with Gasteiger partial charge in [-0.25, -0.2) is 0 Å². The molecule has 3 aromatic carbocycles. The van der Waals surface area contributed by atoms with Crippen LogP contribution in [0.1, 0.15) is 31.8 Å². The summed E-state index contributed by atoms with van der Waals surface area (Å²) in [5.74, 6) is -0.893. The molecular weight excluding hydrogens is 426 g/mol. The van der Waals surface area contributed by atoms with Crippen molar-refractivity contribution >= 4 is 57.1 Å². The van der Waals surface area contributed by atoms with Crippen LogP contribution in [0.25, 0.3) is 0 Å². The second kappa shape index (κ2) is 6.87. The van der Waals surface area contributed by atoms with Crippen LogP contribution in [0, 0.1) is 0 Å². The molecule has 4 rings (SSSR count). The SMILES string of the molecule is Nc1ccc(Nc2cc(S)c(N)c3c2C(=O)c2ccccc2C3=O)c(S(=O)(=O)O)c1. The molecule has 0 bridgehead atoms. The topological polar surface area (TPSA) is 153 Å². The maximum atomic E-state index is 13.2. The first kappa shape index (κ1) is 20.0. The van der Waals surface area contributed by atoms with Crippen LogP contribution in [0.5, 0.6) is 0 Å². The minimum absolute atomic E-state index is 0.00730. The van der Waals surface area contributed by atoms with Crippen molar-refractivity contribution in [3.63, 3.8) is 0 Å². The molecule has 0 aromatic heterocycles. The van der Waals surface area contributed by atoms with Crippen LogP contribution < -0.4 is 16.8 Å². The molecule has 0 heterocycles. The van der Waals surface area contributed by atoms with Gasteiger partial charge in [0.1, 0.15) is 4.90 Å². The quantitative estimate of drug-likeness (QED) is 0.185. The van der Waals surface area contributed by atoms with Crippen LogP contribution in [0.3, 0.4) is 0 Å². The van der Waals surface area contributed by atoms with E-state index in [-0.39, 0.29) is 49.9 Å². The number of ketones is 2. The molecular formula is C20H15N3O5S2. The Morgan fingerprint density at radius 1 is 0.867 bits per heavy atom. The normalized spacial score (nSPS) is 13.0. The third-order valence-electron chi connectivity index (χ3n) is 4.77. The van der Waals surface area contributed by atoms with Crippen molar-refractivity contribution in [1.29, 1.82) is 0 Å². The Labute approximate surface area is 177 Å². The number of nitrogen functional groups attached to an aromatic ring is 2. The third-order valence-corrected chi connectivity index (χ3v) is 6.03. The molecule has 0 atom stereocenters. The highest BCUT2D eigenvalue weighted by molar-refractivity contribution is 7.86. The highest BCUT2D eigenvalue weighted by Crippen LogP contribution is 2.40. The van der Waals surface area contributed by atoms with Gasteiger partial charge in [-0.1, -0.05) is 24.3 Å². The van der Waals surface area contributed by atoms with Crippen LogP contribution in [-0.4, -0.2) is 24.5 Å². The first-order valence-electron chi connectivity index (χ1n) is 8.57. The Morgan fingerprint density at radius 3 is 2.07 bits per heavy atom. The number of rotatable bonds is 3. The number of carbonyl (C=O) groups is 2. The molecule has 1 aliphatic carbocycles. The summed E-state index contributed by atoms with van der Waals surface area (Å²) in [6.07, 6.45) is 0. The average molecular weight is 441 g/mol. The lowest BCUT2D eigenvalue weighted by Gasteiger charge is -2.23. The van der Waals surface area contributed by atoms with Gasteiger partial charge in [-0.3, -0.25) is 14.1 Å². The third kappa shape index (κ3) is 3.11. The number of anilines is 4. The van der Waals surface area contributed by atoms with Gasteiger partial charge in [0.2, 0.25) is 0 Å². The molecule has 0 fully saturated rings. The number of hydrogen-bond donors (Lipinski definition) is 5. The summed E-state index contributed by atoms with van der Waals surface area (Å²) in [6.45, 7) is 0. The van der Waals surface area contributed by atoms with Crippen LogP contribution in [0.15, 0.2) is 58.3 Å². The highest BCUT2D eigenvalue weighted by atomic mass is 32.2. The number of benzene rings is 3. The first-order valence-corrected chi connectivity index (χ1v) is 10.5. The molecule has 0 amide bonds. The van der Waals surface area contributed by atoms with E-state index in [1.54, 1.807) is 12.1 Å². The predicted octanol–water partition coefficient (Wildman–Crippen LogP) is 2.91. The number of fused-ring (bicyclic) bond motifs is 2. The van der Waals surface area contributed by atoms with E-state index in [0.29, 0.717) is 0 Å². The monoisotopic (exact) mass is 441 g/mol. The van der Waals surface area contributed by atoms with Crippen LogP contribution in [0.2, 0.25) is 0 Å². The minimum Gasteiger partial charge on any atom is -0.399 e. The zero-order valence-electron chi connectivity index (χ0n) is 15.2. The van der Waals surface area contributed by atoms with E-state index in [1.165, 1.54) is 30.3 Å². The van der Waals surface area contributed by atoms with Crippen molar-refractivity contribution in [2.45, 2.75) is 9.79 Å². The van der Waals surface area contributed by atoms with Gasteiger partial charge in [0.05, 0.1) is 28.2 Å². The Morgan fingerprint density at radius 2 is 1.47 bits per heavy atom. The van der Waals surface area contributed by atoms with Crippen molar-refractivity contribution in [3.05, 3.63) is 70.8 Å². The molecule has 0 radical (unpaired) electrons. The largest absolute Gasteiger partial charge is 0.399 e. The molecule has 0 saturated carbocycles. The summed E-state index contributed by atoms with van der Waals surface area (Å²) >= 11 is 4.29. The Balaban J connectivity index is 1.96. The first-order chi connectivity index (χ1) is 14.1. The lowest BCUT2D eigenvalue weighted by Crippen LogP contribution is -2.24. The van der Waals surface area contributed by atoms with E-state index >= 15 is 0 Å². The van der Waals surface area contributed by atoms with E-state index in [0.717, 1.165) is 6.07 Å². The zero-order valence-corrected chi connectivity index (χ0v) is 16.9. The molecule has 3 aromatic rings. The molecule has 6 N–H and O–H groups in total. The molecule has 152 valence electrons. The van der Waals surface area contributed by atoms with Gasteiger partial charge in [-0.15, -0.1) is 12.6 Å². The fraction of sp³-hybridized carbons (Fsp3) is 0. The molecule has 8 nitrogen and oxygen atoms in total. The van der Waals surface area contributed by atoms with E-state index < -0.39 is 26.6 Å². The standard InChI is InChI=1S/C20H15N3O5S2/c21-9-5-6-12(15(7-9)30(26,27)28)23-13-8-14(29)18(22)17-16(13)19(24)10-3-1-2-4-11(10)20(17)25/h1-8,23,29H,21-22H2,(H,26,27,28). The lowest BCUT2D eigenvalue weighted by atomic mass is 9.82. The van der Waals surface area contributed by atoms with Gasteiger partial charge >= 0.3 is 0 Å². The van der Waals surface area contributed by atoms with E-state index in [4.69, 9.17) is 11.5 Å². The Bertz CT molecular complexity index is 1370. The molecule has 0 unspecified atom stereocenters. The van der Waals surface area contributed by atoms with Crippen LogP contribution in [-0.2, 0) is 10.1 Å². The highest BCUT2D eigenvalue weighted by Gasteiger charge is 2.34. The zero-order chi connectivity index (χ0) is 21.8. The number of hydrogen-bond acceptors (Lipinski definition) is 8.